The topological polar surface area (TPSA) is 93.1 Å². The Morgan fingerprint density at radius 3 is 1.73 bits per heavy atom. The molecular formula is C25H51O6PS. The molecule has 0 amide bonds. The van der Waals surface area contributed by atoms with Crippen LogP contribution >= 0.6 is 21.1 Å². The van der Waals surface area contributed by atoms with Crippen LogP contribution < -0.4 is 0 Å². The molecule has 6 nitrogen and oxygen atoms in total. The van der Waals surface area contributed by atoms with E-state index < -0.39 is 31.7 Å². The predicted octanol–water partition coefficient (Wildman–Crippen LogP) is 7.40. The standard InChI is InChI=1S/C25H51O6PS/c1-4-7-9-11-12-13-15-17-19-21(18-16-14-10-8-5-2)20-23(33)30-22(6-3)31-25(28,32-29)24(26)27/h21-23,28,33H,4-20,32H2,1-3H3,(H,26,27). The van der Waals surface area contributed by atoms with Gasteiger partial charge in [-0.25, -0.2) is 4.79 Å². The van der Waals surface area contributed by atoms with Crippen LogP contribution in [0.25, 0.3) is 0 Å². The van der Waals surface area contributed by atoms with Gasteiger partial charge in [0, 0.05) is 0 Å². The maximum Gasteiger partial charge on any atom is 0.371 e. The minimum Gasteiger partial charge on any atom is -0.477 e. The highest BCUT2D eigenvalue weighted by atomic mass is 32.1. The Hall–Kier alpha value is -0.0700. The van der Waals surface area contributed by atoms with Crippen LogP contribution in [0.1, 0.15) is 130 Å². The summed E-state index contributed by atoms with van der Waals surface area (Å²) in [5.41, 5.74) is -3.12. The van der Waals surface area contributed by atoms with Crippen molar-refractivity contribution in [2.75, 3.05) is 0 Å². The molecule has 2 N–H and O–H groups in total. The maximum atomic E-state index is 11.2. The number of carboxylic acid groups (broad SMARTS) is 1. The van der Waals surface area contributed by atoms with Crippen LogP contribution in [0.15, 0.2) is 0 Å². The monoisotopic (exact) mass is 510 g/mol. The second-order valence-corrected chi connectivity index (χ2v) is 10.8. The maximum absolute atomic E-state index is 11.2. The van der Waals surface area contributed by atoms with Crippen LogP contribution in [0.4, 0.5) is 0 Å². The van der Waals surface area contributed by atoms with Crippen LogP contribution in [-0.4, -0.2) is 33.4 Å². The van der Waals surface area contributed by atoms with Gasteiger partial charge in [0.05, 0.1) is 0 Å². The summed E-state index contributed by atoms with van der Waals surface area (Å²) in [6, 6.07) is 0. The second kappa shape index (κ2) is 21.2. The van der Waals surface area contributed by atoms with Crippen molar-refractivity contribution < 1.29 is 29.0 Å². The average Bonchev–Trinajstić information content (AvgIpc) is 2.79. The second-order valence-electron chi connectivity index (χ2n) is 9.23. The van der Waals surface area contributed by atoms with Gasteiger partial charge < -0.3 is 24.3 Å². The Labute approximate surface area is 209 Å². The number of ether oxygens (including phenoxy) is 2. The molecule has 5 atom stereocenters. The molecule has 0 aliphatic rings. The van der Waals surface area contributed by atoms with Gasteiger partial charge in [0.15, 0.2) is 6.29 Å². The Morgan fingerprint density at radius 1 is 0.879 bits per heavy atom. The van der Waals surface area contributed by atoms with Crippen LogP contribution in [0, 0.1) is 5.92 Å². The smallest absolute Gasteiger partial charge is 0.371 e. The third kappa shape index (κ3) is 17.1. The van der Waals surface area contributed by atoms with Gasteiger partial charge in [-0.05, 0) is 18.8 Å². The van der Waals surface area contributed by atoms with Gasteiger partial charge in [-0.15, -0.1) is 12.6 Å². The van der Waals surface area contributed by atoms with Crippen molar-refractivity contribution >= 4 is 27.1 Å². The highest BCUT2D eigenvalue weighted by Gasteiger charge is 2.39. The summed E-state index contributed by atoms with van der Waals surface area (Å²) in [5.74, 6) is -1.17. The molecule has 0 aromatic rings. The van der Waals surface area contributed by atoms with Crippen LogP contribution in [0.5, 0.6) is 0 Å². The molecule has 0 saturated heterocycles. The van der Waals surface area contributed by atoms with E-state index in [9.17, 15) is 14.5 Å². The molecule has 0 bridgehead atoms. The van der Waals surface area contributed by atoms with E-state index in [-0.39, 0.29) is 0 Å². The van der Waals surface area contributed by atoms with E-state index in [0.717, 1.165) is 19.3 Å². The van der Waals surface area contributed by atoms with E-state index in [1.165, 1.54) is 83.5 Å². The first kappa shape index (κ1) is 32.9. The molecule has 0 radical (unpaired) electrons. The van der Waals surface area contributed by atoms with Crippen molar-refractivity contribution in [1.29, 1.82) is 0 Å². The van der Waals surface area contributed by atoms with Gasteiger partial charge in [0.2, 0.25) is 0 Å². The number of aliphatic hydroxyl groups is 1. The van der Waals surface area contributed by atoms with E-state index in [0.29, 0.717) is 12.3 Å². The SMILES string of the molecule is CCCCCCCCCCC(CCCCCCC)CC(S)OC(CC)OC(O)([PH2]=O)C(=O)O. The molecule has 0 aromatic heterocycles. The lowest BCUT2D eigenvalue weighted by Gasteiger charge is -2.28. The molecule has 0 spiro atoms. The van der Waals surface area contributed by atoms with Gasteiger partial charge in [0.1, 0.15) is 13.9 Å². The third-order valence-electron chi connectivity index (χ3n) is 6.14. The molecule has 0 heterocycles. The van der Waals surface area contributed by atoms with Gasteiger partial charge in [-0.2, -0.15) is 0 Å². The largest absolute Gasteiger partial charge is 0.477 e. The first-order valence-corrected chi connectivity index (χ1v) is 14.8. The number of carbonyl (C=O) groups is 1. The first-order valence-electron chi connectivity index (χ1n) is 13.3. The molecule has 8 heteroatoms. The van der Waals surface area contributed by atoms with E-state index in [1.54, 1.807) is 6.92 Å². The summed E-state index contributed by atoms with van der Waals surface area (Å²) in [6.45, 7) is 6.23. The summed E-state index contributed by atoms with van der Waals surface area (Å²) in [7, 11) is -2.07. The van der Waals surface area contributed by atoms with Crippen LogP contribution in [-0.2, 0) is 18.8 Å². The molecule has 0 fully saturated rings. The number of unbranched alkanes of at least 4 members (excludes halogenated alkanes) is 11. The molecule has 33 heavy (non-hydrogen) atoms. The Bertz CT molecular complexity index is 496. The average molecular weight is 511 g/mol. The normalized spacial score (nSPS) is 16.6. The van der Waals surface area contributed by atoms with Gasteiger partial charge >= 0.3 is 11.5 Å². The van der Waals surface area contributed by atoms with Gasteiger partial charge in [-0.3, -0.25) is 0 Å². The highest BCUT2D eigenvalue weighted by Crippen LogP contribution is 2.29. The van der Waals surface area contributed by atoms with E-state index in [4.69, 9.17) is 14.6 Å². The number of thiol groups is 1. The van der Waals surface area contributed by atoms with Crippen molar-refractivity contribution in [2.45, 2.75) is 147 Å². The Kier molecular flexibility index (Phi) is 21.2. The third-order valence-corrected chi connectivity index (χ3v) is 7.17. The Balaban J connectivity index is 4.59. The van der Waals surface area contributed by atoms with Crippen molar-refractivity contribution in [2.24, 2.45) is 5.92 Å². The lowest BCUT2D eigenvalue weighted by molar-refractivity contribution is -0.256. The zero-order valence-electron chi connectivity index (χ0n) is 21.3. The van der Waals surface area contributed by atoms with Gasteiger partial charge in [-0.1, -0.05) is 117 Å². The molecule has 0 aliphatic heterocycles. The fourth-order valence-corrected chi connectivity index (χ4v) is 4.78. The van der Waals surface area contributed by atoms with Crippen LogP contribution in [0.2, 0.25) is 0 Å². The lowest BCUT2D eigenvalue weighted by Crippen LogP contribution is -2.40. The molecule has 0 aliphatic carbocycles. The summed E-state index contributed by atoms with van der Waals surface area (Å²) in [6.07, 6.45) is 19.0. The first-order chi connectivity index (χ1) is 15.8. The number of rotatable bonds is 24. The summed E-state index contributed by atoms with van der Waals surface area (Å²) >= 11 is 4.58. The zero-order valence-corrected chi connectivity index (χ0v) is 23.4. The number of hydrogen-bond donors (Lipinski definition) is 3. The molecule has 198 valence electrons. The zero-order chi connectivity index (χ0) is 25.0. The quantitative estimate of drug-likeness (QED) is 0.0542. The minimum atomic E-state index is -2.69. The molecule has 5 unspecified atom stereocenters. The van der Waals surface area contributed by atoms with Crippen molar-refractivity contribution in [3.63, 3.8) is 0 Å². The van der Waals surface area contributed by atoms with E-state index in [1.807, 2.05) is 0 Å². The molecule has 0 rings (SSSR count). The summed E-state index contributed by atoms with van der Waals surface area (Å²) in [4.78, 5) is 11.2. The fourth-order valence-electron chi connectivity index (χ4n) is 4.04. The summed E-state index contributed by atoms with van der Waals surface area (Å²) < 4.78 is 22.1. The van der Waals surface area contributed by atoms with Gasteiger partial charge in [0.25, 0.3) is 0 Å². The Morgan fingerprint density at radius 2 is 1.33 bits per heavy atom. The lowest BCUT2D eigenvalue weighted by atomic mass is 9.91. The van der Waals surface area contributed by atoms with E-state index >= 15 is 0 Å². The minimum absolute atomic E-state index is 0.325. The number of aliphatic carboxylic acids is 1. The highest BCUT2D eigenvalue weighted by molar-refractivity contribution is 7.80. The predicted molar refractivity (Wildman–Crippen MR) is 141 cm³/mol. The van der Waals surface area contributed by atoms with Crippen LogP contribution in [0.3, 0.4) is 0 Å². The van der Waals surface area contributed by atoms with Crippen molar-refractivity contribution in [3.05, 3.63) is 0 Å². The fraction of sp³-hybridized carbons (Fsp3) is 0.960. The molecular weight excluding hydrogens is 459 g/mol. The van der Waals surface area contributed by atoms with Crippen molar-refractivity contribution in [3.8, 4) is 0 Å². The van der Waals surface area contributed by atoms with E-state index in [2.05, 4.69) is 26.5 Å². The molecule has 0 aromatic carbocycles. The number of carboxylic acids is 1. The number of hydrogen-bond acceptors (Lipinski definition) is 6. The molecule has 0 saturated carbocycles. The van der Waals surface area contributed by atoms with Crippen molar-refractivity contribution in [1.82, 2.24) is 0 Å². The summed E-state index contributed by atoms with van der Waals surface area (Å²) in [5, 5.41) is 19.0.